The number of sulfonamides is 1. The van der Waals surface area contributed by atoms with E-state index in [4.69, 9.17) is 0 Å². The lowest BCUT2D eigenvalue weighted by atomic mass is 10.2. The summed E-state index contributed by atoms with van der Waals surface area (Å²) in [6.45, 7) is 2.11. The molecule has 148 valence electrons. The molecule has 0 aliphatic carbocycles. The molecule has 1 heterocycles. The second-order valence-corrected chi connectivity index (χ2v) is 8.71. The Hall–Kier alpha value is -2.87. The zero-order chi connectivity index (χ0) is 20.3. The van der Waals surface area contributed by atoms with Crippen molar-refractivity contribution in [1.29, 1.82) is 0 Å². The summed E-state index contributed by atoms with van der Waals surface area (Å²) in [4.78, 5) is 26.2. The molecule has 2 aromatic rings. The first-order valence-electron chi connectivity index (χ1n) is 8.99. The fraction of sp³-hybridized carbons (Fsp3) is 0.300. The number of hydrogen-bond donors (Lipinski definition) is 1. The third kappa shape index (κ3) is 4.51. The summed E-state index contributed by atoms with van der Waals surface area (Å²) in [7, 11) is -3.64. The third-order valence-electron chi connectivity index (χ3n) is 4.59. The second kappa shape index (κ2) is 8.02. The van der Waals surface area contributed by atoms with Crippen LogP contribution in [-0.2, 0) is 19.6 Å². The summed E-state index contributed by atoms with van der Waals surface area (Å²) >= 11 is 0. The first-order chi connectivity index (χ1) is 13.3. The van der Waals surface area contributed by atoms with Crippen molar-refractivity contribution in [3.63, 3.8) is 0 Å². The minimum absolute atomic E-state index is 0.0614. The Balaban J connectivity index is 1.77. The van der Waals surface area contributed by atoms with Crippen molar-refractivity contribution in [3.05, 3.63) is 54.1 Å². The summed E-state index contributed by atoms with van der Waals surface area (Å²) in [6.07, 6.45) is 2.41. The Bertz CT molecular complexity index is 1000. The van der Waals surface area contributed by atoms with Gasteiger partial charge in [-0.25, -0.2) is 8.42 Å². The maximum atomic E-state index is 12.6. The number of nitrogens with one attached hydrogen (secondary N) is 1. The summed E-state index contributed by atoms with van der Waals surface area (Å²) in [5.41, 5.74) is 2.46. The first-order valence-corrected chi connectivity index (χ1v) is 10.8. The van der Waals surface area contributed by atoms with Crippen molar-refractivity contribution in [3.8, 4) is 0 Å². The van der Waals surface area contributed by atoms with Gasteiger partial charge in [-0.1, -0.05) is 24.3 Å². The van der Waals surface area contributed by atoms with E-state index in [0.29, 0.717) is 24.3 Å². The van der Waals surface area contributed by atoms with Gasteiger partial charge in [-0.2, -0.15) is 0 Å². The summed E-state index contributed by atoms with van der Waals surface area (Å²) in [5.74, 6) is -0.398. The lowest BCUT2D eigenvalue weighted by Gasteiger charge is -2.23. The maximum Gasteiger partial charge on any atom is 0.245 e. The predicted octanol–water partition coefficient (Wildman–Crippen LogP) is 2.53. The molecule has 0 unspecified atom stereocenters. The number of carbonyl (C=O) groups excluding carboxylic acids is 2. The zero-order valence-corrected chi connectivity index (χ0v) is 16.7. The Morgan fingerprint density at radius 3 is 2.57 bits per heavy atom. The molecule has 0 bridgehead atoms. The number of amides is 2. The molecule has 0 aromatic heterocycles. The fourth-order valence-electron chi connectivity index (χ4n) is 3.23. The average molecular weight is 401 g/mol. The molecule has 1 saturated heterocycles. The highest BCUT2D eigenvalue weighted by atomic mass is 32.2. The normalized spacial score (nSPS) is 14.2. The second-order valence-electron chi connectivity index (χ2n) is 6.80. The highest BCUT2D eigenvalue weighted by Gasteiger charge is 2.24. The molecule has 2 aromatic carbocycles. The van der Waals surface area contributed by atoms with E-state index in [1.807, 2.05) is 12.1 Å². The monoisotopic (exact) mass is 401 g/mol. The van der Waals surface area contributed by atoms with Crippen molar-refractivity contribution in [2.45, 2.75) is 19.8 Å². The van der Waals surface area contributed by atoms with E-state index < -0.39 is 15.9 Å². The molecule has 0 saturated carbocycles. The molecule has 0 radical (unpaired) electrons. The van der Waals surface area contributed by atoms with Crippen LogP contribution in [0.3, 0.4) is 0 Å². The Morgan fingerprint density at radius 2 is 1.93 bits per heavy atom. The third-order valence-corrected chi connectivity index (χ3v) is 5.71. The Labute approximate surface area is 165 Å². The zero-order valence-electron chi connectivity index (χ0n) is 15.9. The minimum atomic E-state index is -3.64. The molecular formula is C20H23N3O4S. The van der Waals surface area contributed by atoms with Crippen LogP contribution in [-0.4, -0.2) is 39.6 Å². The molecule has 2 amide bonds. The maximum absolute atomic E-state index is 12.6. The van der Waals surface area contributed by atoms with Crippen LogP contribution in [0.2, 0.25) is 0 Å². The lowest BCUT2D eigenvalue weighted by Crippen LogP contribution is -2.37. The number of rotatable bonds is 6. The largest absolute Gasteiger partial charge is 0.324 e. The molecule has 7 nitrogen and oxygen atoms in total. The van der Waals surface area contributed by atoms with E-state index in [-0.39, 0.29) is 12.5 Å². The van der Waals surface area contributed by atoms with Gasteiger partial charge in [0, 0.05) is 24.3 Å². The molecule has 1 N–H and O–H groups in total. The van der Waals surface area contributed by atoms with Crippen LogP contribution in [0.5, 0.6) is 0 Å². The van der Waals surface area contributed by atoms with Crippen molar-refractivity contribution < 1.29 is 18.0 Å². The van der Waals surface area contributed by atoms with E-state index in [0.717, 1.165) is 28.2 Å². The average Bonchev–Trinajstić information content (AvgIpc) is 3.06. The molecule has 3 rings (SSSR count). The summed E-state index contributed by atoms with van der Waals surface area (Å²) in [5, 5.41) is 2.73. The van der Waals surface area contributed by atoms with Crippen molar-refractivity contribution in [2.24, 2.45) is 0 Å². The number of anilines is 3. The number of aryl methyl sites for hydroxylation is 1. The SMILES string of the molecule is Cc1ccccc1N(CC(=O)Nc1cccc(N2CCCC2=O)c1)S(C)(=O)=O. The highest BCUT2D eigenvalue weighted by molar-refractivity contribution is 7.92. The smallest absolute Gasteiger partial charge is 0.245 e. The number of benzene rings is 2. The number of nitrogens with zero attached hydrogens (tertiary/aromatic N) is 2. The van der Waals surface area contributed by atoms with Gasteiger partial charge in [0.15, 0.2) is 0 Å². The van der Waals surface area contributed by atoms with Gasteiger partial charge in [0.1, 0.15) is 6.54 Å². The Kier molecular flexibility index (Phi) is 5.69. The van der Waals surface area contributed by atoms with E-state index in [2.05, 4.69) is 5.32 Å². The Morgan fingerprint density at radius 1 is 1.18 bits per heavy atom. The molecular weight excluding hydrogens is 378 g/mol. The first kappa shape index (κ1) is 19.9. The minimum Gasteiger partial charge on any atom is -0.324 e. The fourth-order valence-corrected chi connectivity index (χ4v) is 4.14. The number of hydrogen-bond acceptors (Lipinski definition) is 4. The van der Waals surface area contributed by atoms with Crippen LogP contribution in [0.4, 0.5) is 17.1 Å². The molecule has 0 spiro atoms. The van der Waals surface area contributed by atoms with Crippen LogP contribution >= 0.6 is 0 Å². The van der Waals surface area contributed by atoms with Crippen LogP contribution in [0.1, 0.15) is 18.4 Å². The summed E-state index contributed by atoms with van der Waals surface area (Å²) < 4.78 is 25.6. The van der Waals surface area contributed by atoms with Gasteiger partial charge in [0.2, 0.25) is 21.8 Å². The van der Waals surface area contributed by atoms with Crippen LogP contribution < -0.4 is 14.5 Å². The van der Waals surface area contributed by atoms with Gasteiger partial charge in [0.25, 0.3) is 0 Å². The molecule has 8 heteroatoms. The topological polar surface area (TPSA) is 86.8 Å². The van der Waals surface area contributed by atoms with E-state index in [1.54, 1.807) is 48.2 Å². The molecule has 0 atom stereocenters. The van der Waals surface area contributed by atoms with Gasteiger partial charge in [-0.3, -0.25) is 13.9 Å². The standard InChI is InChI=1S/C20H23N3O4S/c1-15-7-3-4-10-18(15)23(28(2,26)27)14-19(24)21-16-8-5-9-17(13-16)22-12-6-11-20(22)25/h3-5,7-10,13H,6,11-12,14H2,1-2H3,(H,21,24). The van der Waals surface area contributed by atoms with E-state index in [9.17, 15) is 18.0 Å². The van der Waals surface area contributed by atoms with Gasteiger partial charge < -0.3 is 10.2 Å². The predicted molar refractivity (Wildman–Crippen MR) is 110 cm³/mol. The van der Waals surface area contributed by atoms with Crippen LogP contribution in [0.25, 0.3) is 0 Å². The summed E-state index contributed by atoms with van der Waals surface area (Å²) in [6, 6.07) is 14.0. The number of para-hydroxylation sites is 1. The van der Waals surface area contributed by atoms with Crippen LogP contribution in [0.15, 0.2) is 48.5 Å². The van der Waals surface area contributed by atoms with Gasteiger partial charge in [-0.05, 0) is 43.2 Å². The van der Waals surface area contributed by atoms with E-state index >= 15 is 0 Å². The van der Waals surface area contributed by atoms with Crippen molar-refractivity contribution in [1.82, 2.24) is 0 Å². The van der Waals surface area contributed by atoms with Crippen molar-refractivity contribution in [2.75, 3.05) is 33.9 Å². The van der Waals surface area contributed by atoms with Gasteiger partial charge in [0.05, 0.1) is 11.9 Å². The molecule has 1 aliphatic heterocycles. The van der Waals surface area contributed by atoms with Crippen molar-refractivity contribution >= 4 is 38.9 Å². The van der Waals surface area contributed by atoms with Crippen LogP contribution in [0, 0.1) is 6.92 Å². The lowest BCUT2D eigenvalue weighted by molar-refractivity contribution is -0.117. The highest BCUT2D eigenvalue weighted by Crippen LogP contribution is 2.25. The number of carbonyl (C=O) groups is 2. The molecule has 1 aliphatic rings. The quantitative estimate of drug-likeness (QED) is 0.806. The van der Waals surface area contributed by atoms with Gasteiger partial charge in [-0.15, -0.1) is 0 Å². The van der Waals surface area contributed by atoms with E-state index in [1.165, 1.54) is 0 Å². The van der Waals surface area contributed by atoms with Gasteiger partial charge >= 0.3 is 0 Å². The molecule has 1 fully saturated rings. The molecule has 28 heavy (non-hydrogen) atoms.